The van der Waals surface area contributed by atoms with Gasteiger partial charge in [0.2, 0.25) is 10.0 Å². The number of ketones is 1. The zero-order valence-corrected chi connectivity index (χ0v) is 12.9. The molecule has 21 heavy (non-hydrogen) atoms. The van der Waals surface area contributed by atoms with Gasteiger partial charge in [-0.3, -0.25) is 4.79 Å². The van der Waals surface area contributed by atoms with Crippen molar-refractivity contribution in [1.82, 2.24) is 4.31 Å². The lowest BCUT2D eigenvalue weighted by molar-refractivity contribution is -0.162. The second-order valence-corrected chi connectivity index (χ2v) is 7.52. The Balaban J connectivity index is 2.01. The minimum atomic E-state index is -3.71. The summed E-state index contributed by atoms with van der Waals surface area (Å²) in [6.07, 6.45) is 2.36. The lowest BCUT2D eigenvalue weighted by Crippen LogP contribution is -2.54. The fourth-order valence-corrected chi connectivity index (χ4v) is 4.77. The number of Topliss-reactive ketones (excluding diaryl/α,β-unsaturated/α-hetero) is 1. The minimum absolute atomic E-state index is 0.113. The summed E-state index contributed by atoms with van der Waals surface area (Å²) in [7, 11) is -3.71. The number of rotatable bonds is 2. The SMILES string of the molecule is Cc1ccc(S(=O)(=O)N2CCC(=O)C23CCCCO3)cc1. The second kappa shape index (κ2) is 5.19. The van der Waals surface area contributed by atoms with Gasteiger partial charge in [-0.25, -0.2) is 8.42 Å². The van der Waals surface area contributed by atoms with Crippen LogP contribution >= 0.6 is 0 Å². The van der Waals surface area contributed by atoms with Gasteiger partial charge in [0.05, 0.1) is 4.90 Å². The summed E-state index contributed by atoms with van der Waals surface area (Å²) in [5.41, 5.74) is -0.266. The number of carbonyl (C=O) groups excluding carboxylic acids is 1. The Morgan fingerprint density at radius 3 is 2.52 bits per heavy atom. The van der Waals surface area contributed by atoms with E-state index in [1.807, 2.05) is 6.92 Å². The molecule has 2 aliphatic heterocycles. The minimum Gasteiger partial charge on any atom is -0.352 e. The molecule has 2 aliphatic rings. The molecule has 0 saturated carbocycles. The summed E-state index contributed by atoms with van der Waals surface area (Å²) >= 11 is 0. The van der Waals surface area contributed by atoms with Crippen LogP contribution in [0, 0.1) is 6.92 Å². The number of carbonyl (C=O) groups is 1. The third kappa shape index (κ3) is 2.31. The summed E-state index contributed by atoms with van der Waals surface area (Å²) in [6, 6.07) is 6.70. The van der Waals surface area contributed by atoms with Gasteiger partial charge in [0.15, 0.2) is 11.5 Å². The first-order valence-corrected chi connectivity index (χ1v) is 8.68. The van der Waals surface area contributed by atoms with Crippen molar-refractivity contribution in [2.45, 2.75) is 43.2 Å². The Labute approximate surface area is 124 Å². The monoisotopic (exact) mass is 309 g/mol. The molecule has 0 aliphatic carbocycles. The molecule has 1 aromatic carbocycles. The van der Waals surface area contributed by atoms with Crippen LogP contribution in [-0.4, -0.2) is 37.4 Å². The molecular formula is C15H19NO4S. The molecule has 0 radical (unpaired) electrons. The fraction of sp³-hybridized carbons (Fsp3) is 0.533. The van der Waals surface area contributed by atoms with Crippen LogP contribution in [0.25, 0.3) is 0 Å². The van der Waals surface area contributed by atoms with Crippen molar-refractivity contribution in [3.05, 3.63) is 29.8 Å². The fourth-order valence-electron chi connectivity index (χ4n) is 3.07. The smallest absolute Gasteiger partial charge is 0.245 e. The molecule has 1 atom stereocenters. The quantitative estimate of drug-likeness (QED) is 0.836. The van der Waals surface area contributed by atoms with E-state index in [0.29, 0.717) is 13.0 Å². The van der Waals surface area contributed by atoms with Crippen molar-refractivity contribution in [1.29, 1.82) is 0 Å². The summed E-state index contributed by atoms with van der Waals surface area (Å²) in [5, 5.41) is 0. The summed E-state index contributed by atoms with van der Waals surface area (Å²) in [6.45, 7) is 2.54. The average molecular weight is 309 g/mol. The van der Waals surface area contributed by atoms with Crippen LogP contribution in [0.2, 0.25) is 0 Å². The topological polar surface area (TPSA) is 63.7 Å². The molecule has 3 rings (SSSR count). The number of sulfonamides is 1. The van der Waals surface area contributed by atoms with Gasteiger partial charge in [-0.1, -0.05) is 17.7 Å². The molecule has 0 amide bonds. The highest BCUT2D eigenvalue weighted by atomic mass is 32.2. The highest BCUT2D eigenvalue weighted by Crippen LogP contribution is 2.39. The van der Waals surface area contributed by atoms with Crippen molar-refractivity contribution >= 4 is 15.8 Å². The van der Waals surface area contributed by atoms with E-state index in [-0.39, 0.29) is 23.6 Å². The van der Waals surface area contributed by atoms with Crippen LogP contribution in [0.4, 0.5) is 0 Å². The molecule has 0 N–H and O–H groups in total. The van der Waals surface area contributed by atoms with Crippen LogP contribution in [0.1, 0.15) is 31.2 Å². The number of ether oxygens (including phenoxy) is 1. The van der Waals surface area contributed by atoms with Gasteiger partial charge in [-0.15, -0.1) is 0 Å². The molecule has 2 heterocycles. The van der Waals surface area contributed by atoms with Crippen LogP contribution < -0.4 is 0 Å². The molecule has 114 valence electrons. The van der Waals surface area contributed by atoms with Crippen LogP contribution in [0.5, 0.6) is 0 Å². The first-order valence-electron chi connectivity index (χ1n) is 7.24. The number of benzene rings is 1. The maximum absolute atomic E-state index is 12.9. The van der Waals surface area contributed by atoms with E-state index in [9.17, 15) is 13.2 Å². The molecule has 1 aromatic rings. The standard InChI is InChI=1S/C15H19NO4S/c1-12-4-6-13(7-5-12)21(18,19)16-10-8-14(17)15(16)9-2-3-11-20-15/h4-7H,2-3,8-11H2,1H3. The van der Waals surface area contributed by atoms with Gasteiger partial charge in [0.1, 0.15) is 0 Å². The zero-order valence-electron chi connectivity index (χ0n) is 12.0. The predicted octanol–water partition coefficient (Wildman–Crippen LogP) is 1.86. The molecule has 2 saturated heterocycles. The van der Waals surface area contributed by atoms with Crippen LogP contribution in [0.3, 0.4) is 0 Å². The summed E-state index contributed by atoms with van der Waals surface area (Å²) in [5.74, 6) is -0.113. The first kappa shape index (κ1) is 14.7. The Bertz CT molecular complexity index is 645. The van der Waals surface area contributed by atoms with Gasteiger partial charge in [-0.2, -0.15) is 4.31 Å². The number of hydrogen-bond donors (Lipinski definition) is 0. The average Bonchev–Trinajstić information content (AvgIpc) is 2.78. The van der Waals surface area contributed by atoms with Gasteiger partial charge >= 0.3 is 0 Å². The first-order chi connectivity index (χ1) is 9.97. The molecule has 1 spiro atoms. The largest absolute Gasteiger partial charge is 0.352 e. The van der Waals surface area contributed by atoms with Crippen LogP contribution in [0.15, 0.2) is 29.2 Å². The molecular weight excluding hydrogens is 290 g/mol. The number of hydrogen-bond acceptors (Lipinski definition) is 4. The van der Waals surface area contributed by atoms with Gasteiger partial charge in [0.25, 0.3) is 0 Å². The normalized spacial score (nSPS) is 27.4. The number of aryl methyl sites for hydroxylation is 1. The Kier molecular flexibility index (Phi) is 3.63. The van der Waals surface area contributed by atoms with Crippen molar-refractivity contribution in [2.75, 3.05) is 13.2 Å². The summed E-state index contributed by atoms with van der Waals surface area (Å²) < 4.78 is 32.7. The Morgan fingerprint density at radius 1 is 1.19 bits per heavy atom. The lowest BCUT2D eigenvalue weighted by Gasteiger charge is -2.38. The molecule has 5 nitrogen and oxygen atoms in total. The van der Waals surface area contributed by atoms with E-state index >= 15 is 0 Å². The zero-order chi connectivity index (χ0) is 15.1. The maximum atomic E-state index is 12.9. The highest BCUT2D eigenvalue weighted by molar-refractivity contribution is 7.89. The summed E-state index contributed by atoms with van der Waals surface area (Å²) in [4.78, 5) is 12.5. The van der Waals surface area contributed by atoms with E-state index in [0.717, 1.165) is 18.4 Å². The van der Waals surface area contributed by atoms with Gasteiger partial charge in [0, 0.05) is 19.6 Å². The van der Waals surface area contributed by atoms with Crippen LogP contribution in [-0.2, 0) is 19.6 Å². The van der Waals surface area contributed by atoms with Crippen molar-refractivity contribution in [3.63, 3.8) is 0 Å². The molecule has 1 unspecified atom stereocenters. The second-order valence-electron chi connectivity index (χ2n) is 5.65. The lowest BCUT2D eigenvalue weighted by atomic mass is 10.00. The van der Waals surface area contributed by atoms with Crippen molar-refractivity contribution in [3.8, 4) is 0 Å². The maximum Gasteiger partial charge on any atom is 0.245 e. The Morgan fingerprint density at radius 2 is 1.90 bits per heavy atom. The van der Waals surface area contributed by atoms with E-state index in [4.69, 9.17) is 4.74 Å². The van der Waals surface area contributed by atoms with Crippen molar-refractivity contribution < 1.29 is 17.9 Å². The third-order valence-corrected chi connectivity index (χ3v) is 6.17. The Hall–Kier alpha value is -1.24. The van der Waals surface area contributed by atoms with E-state index in [2.05, 4.69) is 0 Å². The van der Waals surface area contributed by atoms with Gasteiger partial charge < -0.3 is 4.74 Å². The van der Waals surface area contributed by atoms with Crippen molar-refractivity contribution in [2.24, 2.45) is 0 Å². The molecule has 2 fully saturated rings. The molecule has 0 aromatic heterocycles. The molecule has 6 heteroatoms. The molecule has 0 bridgehead atoms. The van der Waals surface area contributed by atoms with E-state index < -0.39 is 15.7 Å². The number of nitrogens with zero attached hydrogens (tertiary/aromatic N) is 1. The van der Waals surface area contributed by atoms with Gasteiger partial charge in [-0.05, 0) is 38.3 Å². The predicted molar refractivity (Wildman–Crippen MR) is 77.2 cm³/mol. The van der Waals surface area contributed by atoms with E-state index in [1.54, 1.807) is 24.3 Å². The third-order valence-electron chi connectivity index (χ3n) is 4.24. The van der Waals surface area contributed by atoms with E-state index in [1.165, 1.54) is 4.31 Å². The highest BCUT2D eigenvalue weighted by Gasteiger charge is 2.55.